The Kier molecular flexibility index (Phi) is 4.82. The van der Waals surface area contributed by atoms with Crippen molar-refractivity contribution in [1.82, 2.24) is 4.98 Å². The first kappa shape index (κ1) is 15.9. The molecule has 0 amide bonds. The number of hydrogen-bond donors (Lipinski definition) is 0. The van der Waals surface area contributed by atoms with Gasteiger partial charge in [-0.1, -0.05) is 0 Å². The van der Waals surface area contributed by atoms with Gasteiger partial charge in [0.2, 0.25) is 0 Å². The van der Waals surface area contributed by atoms with E-state index in [0.29, 0.717) is 0 Å². The number of nitro benzene ring substituents is 1. The van der Waals surface area contributed by atoms with Crippen LogP contribution in [0, 0.1) is 10.1 Å². The van der Waals surface area contributed by atoms with E-state index < -0.39 is 17.0 Å². The number of carbonyl (C=O) groups is 2. The number of non-ortho nitro benzene ring substituents is 1. The van der Waals surface area contributed by atoms with Crippen molar-refractivity contribution >= 4 is 17.8 Å². The van der Waals surface area contributed by atoms with E-state index in [1.807, 2.05) is 0 Å². The van der Waals surface area contributed by atoms with Crippen LogP contribution in [0.1, 0.15) is 10.4 Å². The molecule has 118 valence electrons. The number of methoxy groups -OCH3 is 1. The molecule has 0 saturated carbocycles. The van der Waals surface area contributed by atoms with Crippen LogP contribution in [-0.2, 0) is 4.74 Å². The smallest absolute Gasteiger partial charge is 0.465 e. The molecule has 0 radical (unpaired) electrons. The molecule has 0 fully saturated rings. The van der Waals surface area contributed by atoms with E-state index in [4.69, 9.17) is 9.47 Å². The van der Waals surface area contributed by atoms with Gasteiger partial charge in [-0.2, -0.15) is 0 Å². The average Bonchev–Trinajstić information content (AvgIpc) is 2.54. The minimum absolute atomic E-state index is 0.0141. The van der Waals surface area contributed by atoms with Crippen LogP contribution in [-0.4, -0.2) is 29.1 Å². The third-order valence-corrected chi connectivity index (χ3v) is 2.58. The van der Waals surface area contributed by atoms with Gasteiger partial charge in [0.15, 0.2) is 5.75 Å². The van der Waals surface area contributed by atoms with Crippen molar-refractivity contribution in [3.8, 4) is 11.5 Å². The van der Waals surface area contributed by atoms with Gasteiger partial charge in [-0.3, -0.25) is 15.1 Å². The number of hydrogen-bond acceptors (Lipinski definition) is 8. The zero-order chi connectivity index (χ0) is 16.8. The molecule has 0 atom stereocenters. The molecule has 0 unspecified atom stereocenters. The topological polar surface area (TPSA) is 118 Å². The van der Waals surface area contributed by atoms with E-state index in [9.17, 15) is 19.7 Å². The van der Waals surface area contributed by atoms with Crippen molar-refractivity contribution < 1.29 is 28.7 Å². The number of nitrogens with zero attached hydrogens (tertiary/aromatic N) is 2. The Morgan fingerprint density at radius 1 is 1.09 bits per heavy atom. The Bertz CT molecular complexity index is 743. The van der Waals surface area contributed by atoms with Gasteiger partial charge in [0.05, 0.1) is 23.8 Å². The van der Waals surface area contributed by atoms with E-state index in [0.717, 1.165) is 0 Å². The first-order valence-electron chi connectivity index (χ1n) is 6.17. The van der Waals surface area contributed by atoms with Crippen LogP contribution >= 0.6 is 0 Å². The fraction of sp³-hybridized carbons (Fsp3) is 0.0714. The molecule has 0 saturated heterocycles. The van der Waals surface area contributed by atoms with Crippen molar-refractivity contribution in [2.75, 3.05) is 7.11 Å². The molecule has 9 heteroatoms. The zero-order valence-electron chi connectivity index (χ0n) is 11.8. The van der Waals surface area contributed by atoms with Gasteiger partial charge in [-0.15, -0.1) is 0 Å². The number of pyridine rings is 1. The molecule has 0 aliphatic carbocycles. The summed E-state index contributed by atoms with van der Waals surface area (Å²) in [5, 5.41) is 10.5. The van der Waals surface area contributed by atoms with Gasteiger partial charge in [0.25, 0.3) is 5.69 Å². The highest BCUT2D eigenvalue weighted by Crippen LogP contribution is 2.19. The summed E-state index contributed by atoms with van der Waals surface area (Å²) < 4.78 is 14.2. The molecule has 0 N–H and O–H groups in total. The summed E-state index contributed by atoms with van der Waals surface area (Å²) in [6.07, 6.45) is 1.38. The number of esters is 1. The summed E-state index contributed by atoms with van der Waals surface area (Å²) in [6.45, 7) is 0. The highest BCUT2D eigenvalue weighted by Gasteiger charge is 2.13. The van der Waals surface area contributed by atoms with Crippen molar-refractivity contribution in [2.24, 2.45) is 0 Å². The Balaban J connectivity index is 2.02. The van der Waals surface area contributed by atoms with E-state index in [1.54, 1.807) is 0 Å². The maximum atomic E-state index is 11.6. The Labute approximate surface area is 129 Å². The van der Waals surface area contributed by atoms with Gasteiger partial charge in [-0.25, -0.2) is 9.59 Å². The largest absolute Gasteiger partial charge is 0.519 e. The lowest BCUT2D eigenvalue weighted by atomic mass is 10.3. The van der Waals surface area contributed by atoms with Gasteiger partial charge < -0.3 is 14.2 Å². The molecule has 1 aromatic carbocycles. The quantitative estimate of drug-likeness (QED) is 0.365. The number of aromatic nitrogens is 1. The summed E-state index contributed by atoms with van der Waals surface area (Å²) in [4.78, 5) is 36.6. The highest BCUT2D eigenvalue weighted by molar-refractivity contribution is 5.89. The third-order valence-electron chi connectivity index (χ3n) is 2.58. The molecule has 0 aliphatic rings. The van der Waals surface area contributed by atoms with Crippen molar-refractivity contribution in [3.05, 3.63) is 58.4 Å². The molecule has 0 aliphatic heterocycles. The van der Waals surface area contributed by atoms with Gasteiger partial charge in [0.1, 0.15) is 5.75 Å². The molecular formula is C14H10N2O7. The van der Waals surface area contributed by atoms with Crippen LogP contribution in [0.2, 0.25) is 0 Å². The van der Waals surface area contributed by atoms with Gasteiger partial charge >= 0.3 is 12.1 Å². The molecule has 2 aromatic rings. The summed E-state index contributed by atoms with van der Waals surface area (Å²) in [6, 6.07) is 6.13. The standard InChI is InChI=1S/C14H10N2O7/c1-21-13(17)9-6-12(8-15-7-9)23-14(18)22-11-4-2-10(3-5-11)16(19)20/h2-8H,1H3. The summed E-state index contributed by atoms with van der Waals surface area (Å²) >= 11 is 0. The van der Waals surface area contributed by atoms with E-state index in [-0.39, 0.29) is 22.7 Å². The minimum atomic E-state index is -1.08. The predicted octanol–water partition coefficient (Wildman–Crippen LogP) is 2.35. The normalized spacial score (nSPS) is 9.78. The summed E-state index contributed by atoms with van der Waals surface area (Å²) in [5.41, 5.74) is -0.0335. The lowest BCUT2D eigenvalue weighted by molar-refractivity contribution is -0.384. The summed E-state index contributed by atoms with van der Waals surface area (Å²) in [5.74, 6) is -0.579. The average molecular weight is 318 g/mol. The molecule has 2 rings (SSSR count). The van der Waals surface area contributed by atoms with Crippen molar-refractivity contribution in [1.29, 1.82) is 0 Å². The molecule has 1 aromatic heterocycles. The Hall–Kier alpha value is -3.49. The number of benzene rings is 1. The monoisotopic (exact) mass is 318 g/mol. The maximum absolute atomic E-state index is 11.6. The lowest BCUT2D eigenvalue weighted by Gasteiger charge is -2.06. The van der Waals surface area contributed by atoms with Gasteiger partial charge in [-0.05, 0) is 18.2 Å². The SMILES string of the molecule is COC(=O)c1cncc(OC(=O)Oc2ccc([N+](=O)[O-])cc2)c1. The van der Waals surface area contributed by atoms with Crippen LogP contribution in [0.15, 0.2) is 42.7 Å². The van der Waals surface area contributed by atoms with E-state index in [1.165, 1.54) is 49.8 Å². The van der Waals surface area contributed by atoms with Crippen LogP contribution in [0.4, 0.5) is 10.5 Å². The van der Waals surface area contributed by atoms with Crippen LogP contribution < -0.4 is 9.47 Å². The Morgan fingerprint density at radius 2 is 1.74 bits per heavy atom. The highest BCUT2D eigenvalue weighted by atomic mass is 16.7. The number of carbonyl (C=O) groups excluding carboxylic acids is 2. The molecule has 23 heavy (non-hydrogen) atoms. The Morgan fingerprint density at radius 3 is 2.35 bits per heavy atom. The molecule has 9 nitrogen and oxygen atoms in total. The fourth-order valence-corrected chi connectivity index (χ4v) is 1.55. The maximum Gasteiger partial charge on any atom is 0.519 e. The second kappa shape index (κ2) is 6.98. The van der Waals surface area contributed by atoms with E-state index >= 15 is 0 Å². The zero-order valence-corrected chi connectivity index (χ0v) is 11.8. The summed E-state index contributed by atoms with van der Waals surface area (Å²) in [7, 11) is 1.21. The molecular weight excluding hydrogens is 308 g/mol. The minimum Gasteiger partial charge on any atom is -0.465 e. The van der Waals surface area contributed by atoms with Gasteiger partial charge in [0, 0.05) is 18.3 Å². The van der Waals surface area contributed by atoms with Crippen molar-refractivity contribution in [3.63, 3.8) is 0 Å². The predicted molar refractivity (Wildman–Crippen MR) is 75.3 cm³/mol. The van der Waals surface area contributed by atoms with Crippen LogP contribution in [0.5, 0.6) is 11.5 Å². The van der Waals surface area contributed by atoms with E-state index in [2.05, 4.69) is 9.72 Å². The third kappa shape index (κ3) is 4.24. The number of ether oxygens (including phenoxy) is 3. The number of rotatable bonds is 4. The lowest BCUT2D eigenvalue weighted by Crippen LogP contribution is -2.14. The van der Waals surface area contributed by atoms with Crippen molar-refractivity contribution in [2.45, 2.75) is 0 Å². The molecule has 0 spiro atoms. The van der Waals surface area contributed by atoms with Crippen LogP contribution in [0.3, 0.4) is 0 Å². The fourth-order valence-electron chi connectivity index (χ4n) is 1.55. The number of nitro groups is 1. The first-order chi connectivity index (χ1) is 11.0. The molecule has 0 bridgehead atoms. The second-order valence-electron chi connectivity index (χ2n) is 4.11. The first-order valence-corrected chi connectivity index (χ1v) is 6.17. The van der Waals surface area contributed by atoms with Crippen LogP contribution in [0.25, 0.3) is 0 Å². The second-order valence-corrected chi connectivity index (χ2v) is 4.11. The molecule has 1 heterocycles.